The van der Waals surface area contributed by atoms with Gasteiger partial charge in [0.25, 0.3) is 0 Å². The Kier molecular flexibility index (Phi) is 11.1. The minimum Gasteiger partial charge on any atom is -0.444 e. The summed E-state index contributed by atoms with van der Waals surface area (Å²) >= 11 is 4.24. The Labute approximate surface area is 198 Å². The molecule has 1 rings (SSSR count). The topological polar surface area (TPSA) is 87.7 Å². The number of hydrogen-bond donors (Lipinski definition) is 3. The maximum absolute atomic E-state index is 13.3. The van der Waals surface area contributed by atoms with Crippen molar-refractivity contribution in [3.8, 4) is 0 Å². The molecule has 0 saturated heterocycles. The molecule has 0 heterocycles. The standard InChI is InChI=1S/C24H39N3O4S/c1-8-9-10-11-25-21(28)20(18-13-16(2)12-17(3)14-18)27(7)22(29)19(15-32)26-23(30)31-24(4,5)6/h12-14,19-20,32H,8-11,15H2,1-7H3,(H,25,28)(H,26,30). The van der Waals surface area contributed by atoms with Crippen LogP contribution in [0.5, 0.6) is 0 Å². The van der Waals surface area contributed by atoms with Crippen LogP contribution < -0.4 is 10.6 Å². The molecule has 0 spiro atoms. The van der Waals surface area contributed by atoms with Crippen LogP contribution in [0.15, 0.2) is 18.2 Å². The highest BCUT2D eigenvalue weighted by molar-refractivity contribution is 7.80. The van der Waals surface area contributed by atoms with Crippen molar-refractivity contribution < 1.29 is 19.1 Å². The molecular weight excluding hydrogens is 426 g/mol. The molecule has 32 heavy (non-hydrogen) atoms. The summed E-state index contributed by atoms with van der Waals surface area (Å²) in [5, 5.41) is 5.53. The third-order valence-electron chi connectivity index (χ3n) is 4.79. The number of benzene rings is 1. The van der Waals surface area contributed by atoms with E-state index in [0.717, 1.165) is 36.0 Å². The fraction of sp³-hybridized carbons (Fsp3) is 0.625. The lowest BCUT2D eigenvalue weighted by atomic mass is 9.99. The second-order valence-corrected chi connectivity index (χ2v) is 9.52. The van der Waals surface area contributed by atoms with Crippen molar-refractivity contribution in [2.75, 3.05) is 19.3 Å². The lowest BCUT2D eigenvalue weighted by Gasteiger charge is -2.31. The minimum atomic E-state index is -0.931. The zero-order valence-corrected chi connectivity index (χ0v) is 21.3. The Bertz CT molecular complexity index is 772. The van der Waals surface area contributed by atoms with Crippen molar-refractivity contribution in [1.29, 1.82) is 0 Å². The number of rotatable bonds is 10. The van der Waals surface area contributed by atoms with Gasteiger partial charge < -0.3 is 20.3 Å². The van der Waals surface area contributed by atoms with Crippen LogP contribution in [-0.2, 0) is 14.3 Å². The lowest BCUT2D eigenvalue weighted by molar-refractivity contribution is -0.140. The number of nitrogens with one attached hydrogen (secondary N) is 2. The number of likely N-dealkylation sites (N-methyl/N-ethyl adjacent to an activating group) is 1. The summed E-state index contributed by atoms with van der Waals surface area (Å²) in [5.41, 5.74) is 2.03. The average Bonchev–Trinajstić information content (AvgIpc) is 2.67. The molecule has 180 valence electrons. The fourth-order valence-electron chi connectivity index (χ4n) is 3.41. The summed E-state index contributed by atoms with van der Waals surface area (Å²) in [6.07, 6.45) is 2.24. The first-order valence-electron chi connectivity index (χ1n) is 11.1. The number of hydrogen-bond acceptors (Lipinski definition) is 5. The van der Waals surface area contributed by atoms with E-state index in [1.807, 2.05) is 32.0 Å². The predicted octanol–water partition coefficient (Wildman–Crippen LogP) is 3.93. The number of thiol groups is 1. The molecule has 3 amide bonds. The number of ether oxygens (including phenoxy) is 1. The van der Waals surface area contributed by atoms with Gasteiger partial charge in [0.1, 0.15) is 17.7 Å². The second kappa shape index (κ2) is 12.7. The summed E-state index contributed by atoms with van der Waals surface area (Å²) in [6.45, 7) is 11.8. The number of carbonyl (C=O) groups is 3. The van der Waals surface area contributed by atoms with E-state index >= 15 is 0 Å². The molecule has 0 saturated carbocycles. The van der Waals surface area contributed by atoms with Crippen LogP contribution in [0.1, 0.15) is 69.7 Å². The van der Waals surface area contributed by atoms with E-state index in [2.05, 4.69) is 30.2 Å². The minimum absolute atomic E-state index is 0.0695. The van der Waals surface area contributed by atoms with Crippen LogP contribution in [0.4, 0.5) is 4.79 Å². The molecule has 2 unspecified atom stereocenters. The summed E-state index contributed by atoms with van der Waals surface area (Å²) < 4.78 is 5.27. The maximum Gasteiger partial charge on any atom is 0.408 e. The molecule has 2 N–H and O–H groups in total. The van der Waals surface area contributed by atoms with E-state index in [9.17, 15) is 14.4 Å². The molecule has 2 atom stereocenters. The summed E-state index contributed by atoms with van der Waals surface area (Å²) in [6, 6.07) is 4.07. The molecular formula is C24H39N3O4S. The number of aryl methyl sites for hydroxylation is 2. The molecule has 0 aliphatic carbocycles. The van der Waals surface area contributed by atoms with Crippen molar-refractivity contribution in [1.82, 2.24) is 15.5 Å². The van der Waals surface area contributed by atoms with Gasteiger partial charge in [-0.15, -0.1) is 0 Å². The summed E-state index contributed by atoms with van der Waals surface area (Å²) in [5.74, 6) is -0.601. The van der Waals surface area contributed by atoms with Crippen molar-refractivity contribution in [2.24, 2.45) is 0 Å². The van der Waals surface area contributed by atoms with Gasteiger partial charge >= 0.3 is 6.09 Å². The van der Waals surface area contributed by atoms with Gasteiger partial charge in [-0.1, -0.05) is 49.1 Å². The number of nitrogens with zero attached hydrogens (tertiary/aromatic N) is 1. The van der Waals surface area contributed by atoms with Crippen molar-refractivity contribution in [2.45, 2.75) is 78.5 Å². The molecule has 8 heteroatoms. The van der Waals surface area contributed by atoms with Crippen molar-refractivity contribution >= 4 is 30.5 Å². The average molecular weight is 466 g/mol. The van der Waals surface area contributed by atoms with Crippen LogP contribution in [-0.4, -0.2) is 53.8 Å². The van der Waals surface area contributed by atoms with Gasteiger partial charge in [-0.3, -0.25) is 9.59 Å². The molecule has 0 bridgehead atoms. The van der Waals surface area contributed by atoms with Crippen LogP contribution in [0.3, 0.4) is 0 Å². The van der Waals surface area contributed by atoms with E-state index in [4.69, 9.17) is 4.74 Å². The monoisotopic (exact) mass is 465 g/mol. The predicted molar refractivity (Wildman–Crippen MR) is 131 cm³/mol. The number of unbranched alkanes of at least 4 members (excludes halogenated alkanes) is 2. The molecule has 0 aliphatic rings. The number of carbonyl (C=O) groups excluding carboxylic acids is 3. The number of amides is 3. The van der Waals surface area contributed by atoms with Gasteiger partial charge in [-0.2, -0.15) is 12.6 Å². The second-order valence-electron chi connectivity index (χ2n) is 9.15. The van der Waals surface area contributed by atoms with Crippen LogP contribution >= 0.6 is 12.6 Å². The van der Waals surface area contributed by atoms with E-state index in [1.54, 1.807) is 27.8 Å². The first-order valence-corrected chi connectivity index (χ1v) is 11.8. The van der Waals surface area contributed by atoms with Gasteiger partial charge in [-0.05, 0) is 46.6 Å². The van der Waals surface area contributed by atoms with Crippen LogP contribution in [0, 0.1) is 13.8 Å². The zero-order valence-electron chi connectivity index (χ0n) is 20.4. The first-order chi connectivity index (χ1) is 14.9. The van der Waals surface area contributed by atoms with Crippen LogP contribution in [0.25, 0.3) is 0 Å². The molecule has 0 radical (unpaired) electrons. The third-order valence-corrected chi connectivity index (χ3v) is 5.16. The first kappa shape index (κ1) is 27.8. The highest BCUT2D eigenvalue weighted by Crippen LogP contribution is 2.24. The number of alkyl carbamates (subject to hydrolysis) is 1. The highest BCUT2D eigenvalue weighted by Gasteiger charge is 2.33. The van der Waals surface area contributed by atoms with Crippen molar-refractivity contribution in [3.63, 3.8) is 0 Å². The smallest absolute Gasteiger partial charge is 0.408 e. The Morgan fingerprint density at radius 2 is 1.69 bits per heavy atom. The largest absolute Gasteiger partial charge is 0.444 e. The normalized spacial score (nSPS) is 13.1. The Morgan fingerprint density at radius 1 is 1.09 bits per heavy atom. The van der Waals surface area contributed by atoms with Gasteiger partial charge in [0, 0.05) is 19.3 Å². The molecule has 1 aromatic carbocycles. The zero-order chi connectivity index (χ0) is 24.5. The summed E-state index contributed by atoms with van der Waals surface area (Å²) in [4.78, 5) is 40.0. The van der Waals surface area contributed by atoms with Crippen LogP contribution in [0.2, 0.25) is 0 Å². The molecule has 7 nitrogen and oxygen atoms in total. The maximum atomic E-state index is 13.3. The van der Waals surface area contributed by atoms with Gasteiger partial charge in [0.2, 0.25) is 11.8 Å². The Hall–Kier alpha value is -2.22. The quantitative estimate of drug-likeness (QED) is 0.361. The van der Waals surface area contributed by atoms with Crippen molar-refractivity contribution in [3.05, 3.63) is 34.9 Å². The van der Waals surface area contributed by atoms with E-state index in [-0.39, 0.29) is 11.7 Å². The summed E-state index contributed by atoms with van der Waals surface area (Å²) in [7, 11) is 1.57. The third kappa shape index (κ3) is 9.10. The molecule has 0 fully saturated rings. The molecule has 0 aromatic heterocycles. The van der Waals surface area contributed by atoms with Gasteiger partial charge in [-0.25, -0.2) is 4.79 Å². The van der Waals surface area contributed by atoms with E-state index in [1.165, 1.54) is 4.90 Å². The molecule has 1 aromatic rings. The molecule has 0 aliphatic heterocycles. The SMILES string of the molecule is CCCCCNC(=O)C(c1cc(C)cc(C)c1)N(C)C(=O)C(CS)NC(=O)OC(C)(C)C. The highest BCUT2D eigenvalue weighted by atomic mass is 32.1. The fourth-order valence-corrected chi connectivity index (χ4v) is 3.66. The van der Waals surface area contributed by atoms with Gasteiger partial charge in [0.15, 0.2) is 0 Å². The van der Waals surface area contributed by atoms with E-state index in [0.29, 0.717) is 6.54 Å². The Morgan fingerprint density at radius 3 is 2.19 bits per heavy atom. The van der Waals surface area contributed by atoms with Gasteiger partial charge in [0.05, 0.1) is 0 Å². The Balaban J connectivity index is 3.13. The lowest BCUT2D eigenvalue weighted by Crippen LogP contribution is -2.52. The van der Waals surface area contributed by atoms with E-state index < -0.39 is 29.7 Å².